The van der Waals surface area contributed by atoms with Gasteiger partial charge in [-0.05, 0) is 29.7 Å². The number of hydrogen-bond acceptors (Lipinski definition) is 0. The molecule has 0 aliphatic rings. The molecule has 0 atom stereocenters. The topological polar surface area (TPSA) is 0 Å². The first-order valence-corrected chi connectivity index (χ1v) is 4.62. The molecular formula is C11H9F6. The average Bonchev–Trinajstić information content (AvgIpc) is 2.14. The van der Waals surface area contributed by atoms with E-state index >= 15 is 0 Å². The third kappa shape index (κ3) is 3.38. The van der Waals surface area contributed by atoms with Crippen LogP contribution in [-0.2, 0) is 12.4 Å². The summed E-state index contributed by atoms with van der Waals surface area (Å²) in [5.74, 6) is 0.390. The summed E-state index contributed by atoms with van der Waals surface area (Å²) in [5.41, 5.74) is -2.64. The van der Waals surface area contributed by atoms with E-state index in [2.05, 4.69) is 0 Å². The van der Waals surface area contributed by atoms with E-state index in [1.165, 1.54) is 13.8 Å². The molecule has 95 valence electrons. The average molecular weight is 255 g/mol. The highest BCUT2D eigenvalue weighted by molar-refractivity contribution is 5.39. The smallest absolute Gasteiger partial charge is 0.166 e. The van der Waals surface area contributed by atoms with E-state index in [0.717, 1.165) is 0 Å². The Balaban J connectivity index is 3.40. The maximum atomic E-state index is 12.4. The van der Waals surface area contributed by atoms with E-state index in [4.69, 9.17) is 0 Å². The molecule has 0 amide bonds. The monoisotopic (exact) mass is 255 g/mol. The lowest BCUT2D eigenvalue weighted by molar-refractivity contribution is -0.143. The fourth-order valence-electron chi connectivity index (χ4n) is 1.24. The second-order valence-electron chi connectivity index (χ2n) is 3.79. The largest absolute Gasteiger partial charge is 0.416 e. The van der Waals surface area contributed by atoms with Crippen molar-refractivity contribution in [2.75, 3.05) is 0 Å². The van der Waals surface area contributed by atoms with Crippen molar-refractivity contribution in [3.8, 4) is 0 Å². The van der Waals surface area contributed by atoms with Crippen molar-refractivity contribution in [1.82, 2.24) is 0 Å². The van der Waals surface area contributed by atoms with Crippen LogP contribution < -0.4 is 0 Å². The van der Waals surface area contributed by atoms with Crippen molar-refractivity contribution in [2.45, 2.75) is 26.2 Å². The molecule has 0 bridgehead atoms. The highest BCUT2D eigenvalue weighted by Crippen LogP contribution is 2.37. The molecule has 0 unspecified atom stereocenters. The molecule has 1 aromatic rings. The highest BCUT2D eigenvalue weighted by Gasteiger charge is 2.37. The minimum absolute atomic E-state index is 0.0628. The van der Waals surface area contributed by atoms with E-state index < -0.39 is 23.5 Å². The number of alkyl halides is 6. The van der Waals surface area contributed by atoms with E-state index in [9.17, 15) is 26.3 Å². The van der Waals surface area contributed by atoms with Gasteiger partial charge in [0.2, 0.25) is 0 Å². The molecule has 0 aliphatic heterocycles. The number of halogens is 6. The van der Waals surface area contributed by atoms with Crippen LogP contribution in [0.1, 0.15) is 30.5 Å². The Labute approximate surface area is 94.2 Å². The molecule has 17 heavy (non-hydrogen) atoms. The van der Waals surface area contributed by atoms with Gasteiger partial charge in [-0.15, -0.1) is 0 Å². The van der Waals surface area contributed by atoms with Crippen LogP contribution in [0.25, 0.3) is 0 Å². The molecule has 1 aromatic carbocycles. The summed E-state index contributed by atoms with van der Waals surface area (Å²) in [6.45, 7) is 2.91. The predicted octanol–water partition coefficient (Wildman–Crippen LogP) is 4.69. The molecule has 0 N–H and O–H groups in total. The van der Waals surface area contributed by atoms with Crippen LogP contribution >= 0.6 is 0 Å². The van der Waals surface area contributed by atoms with E-state index in [0.29, 0.717) is 18.1 Å². The standard InChI is InChI=1S/C11H9F6/c1-6(2)7-3-8(10(12,13)14)5-9(4-7)11(15,16)17/h3-5H,1-2H3. The minimum Gasteiger partial charge on any atom is -0.166 e. The van der Waals surface area contributed by atoms with Crippen LogP contribution in [0.4, 0.5) is 26.3 Å². The molecule has 0 fully saturated rings. The van der Waals surface area contributed by atoms with Crippen molar-refractivity contribution < 1.29 is 26.3 Å². The van der Waals surface area contributed by atoms with E-state index in [-0.39, 0.29) is 11.6 Å². The summed E-state index contributed by atoms with van der Waals surface area (Å²) in [7, 11) is 0. The Hall–Kier alpha value is -1.20. The zero-order chi connectivity index (χ0) is 13.4. The van der Waals surface area contributed by atoms with Crippen LogP contribution in [0, 0.1) is 5.92 Å². The quantitative estimate of drug-likeness (QED) is 0.639. The first-order valence-electron chi connectivity index (χ1n) is 4.62. The van der Waals surface area contributed by atoms with Crippen molar-refractivity contribution in [2.24, 2.45) is 0 Å². The summed E-state index contributed by atoms with van der Waals surface area (Å²) in [4.78, 5) is 0. The van der Waals surface area contributed by atoms with Gasteiger partial charge in [0.25, 0.3) is 0 Å². The van der Waals surface area contributed by atoms with Crippen LogP contribution in [0.2, 0.25) is 0 Å². The maximum absolute atomic E-state index is 12.4. The predicted molar refractivity (Wildman–Crippen MR) is 50.1 cm³/mol. The Morgan fingerprint density at radius 1 is 0.765 bits per heavy atom. The lowest BCUT2D eigenvalue weighted by atomic mass is 9.97. The second-order valence-corrected chi connectivity index (χ2v) is 3.79. The van der Waals surface area contributed by atoms with Gasteiger partial charge in [0, 0.05) is 0 Å². The normalized spacial score (nSPS) is 13.2. The zero-order valence-corrected chi connectivity index (χ0v) is 9.00. The van der Waals surface area contributed by atoms with Crippen molar-refractivity contribution in [3.63, 3.8) is 0 Å². The number of benzene rings is 1. The molecule has 0 aliphatic carbocycles. The van der Waals surface area contributed by atoms with Crippen LogP contribution in [0.5, 0.6) is 0 Å². The van der Waals surface area contributed by atoms with Gasteiger partial charge in [-0.3, -0.25) is 0 Å². The molecular weight excluding hydrogens is 246 g/mol. The molecule has 0 nitrogen and oxygen atoms in total. The molecule has 0 saturated heterocycles. The second kappa shape index (κ2) is 4.23. The Morgan fingerprint density at radius 3 is 1.35 bits per heavy atom. The Morgan fingerprint density at radius 2 is 1.12 bits per heavy atom. The summed E-state index contributed by atoms with van der Waals surface area (Å²) in [6.07, 6.45) is -9.57. The van der Waals surface area contributed by atoms with Gasteiger partial charge >= 0.3 is 12.4 Å². The zero-order valence-electron chi connectivity index (χ0n) is 9.00. The van der Waals surface area contributed by atoms with Gasteiger partial charge in [-0.2, -0.15) is 26.3 Å². The fraction of sp³-hybridized carbons (Fsp3) is 0.364. The molecule has 1 radical (unpaired) electrons. The molecule has 6 heteroatoms. The van der Waals surface area contributed by atoms with Gasteiger partial charge in [-0.1, -0.05) is 13.8 Å². The van der Waals surface area contributed by atoms with E-state index in [1.54, 1.807) is 0 Å². The van der Waals surface area contributed by atoms with Gasteiger partial charge in [0.1, 0.15) is 0 Å². The SMILES string of the molecule is C[C](C)c1cc(C(F)(F)F)cc(C(F)(F)F)c1. The molecule has 0 saturated carbocycles. The first kappa shape index (κ1) is 13.9. The number of hydrogen-bond donors (Lipinski definition) is 0. The van der Waals surface area contributed by atoms with Gasteiger partial charge < -0.3 is 0 Å². The molecule has 0 heterocycles. The van der Waals surface area contributed by atoms with Gasteiger partial charge in [-0.25, -0.2) is 0 Å². The lowest BCUT2D eigenvalue weighted by Gasteiger charge is -2.15. The maximum Gasteiger partial charge on any atom is 0.416 e. The molecule has 0 aromatic heterocycles. The van der Waals surface area contributed by atoms with Crippen LogP contribution in [0.3, 0.4) is 0 Å². The third-order valence-corrected chi connectivity index (χ3v) is 2.17. The fourth-order valence-corrected chi connectivity index (χ4v) is 1.24. The van der Waals surface area contributed by atoms with Crippen molar-refractivity contribution >= 4 is 0 Å². The van der Waals surface area contributed by atoms with Crippen LogP contribution in [-0.4, -0.2) is 0 Å². The lowest BCUT2D eigenvalue weighted by Crippen LogP contribution is -2.12. The summed E-state index contributed by atoms with van der Waals surface area (Å²) in [5, 5.41) is 0. The number of rotatable bonds is 1. The van der Waals surface area contributed by atoms with Crippen molar-refractivity contribution in [1.29, 1.82) is 0 Å². The Kier molecular flexibility index (Phi) is 3.45. The van der Waals surface area contributed by atoms with E-state index in [1.807, 2.05) is 0 Å². The van der Waals surface area contributed by atoms with Crippen LogP contribution in [0.15, 0.2) is 18.2 Å². The van der Waals surface area contributed by atoms with Gasteiger partial charge in [0.15, 0.2) is 0 Å². The summed E-state index contributed by atoms with van der Waals surface area (Å²) in [6, 6.07) is 1.54. The summed E-state index contributed by atoms with van der Waals surface area (Å²) >= 11 is 0. The first-order chi connectivity index (χ1) is 7.51. The third-order valence-electron chi connectivity index (χ3n) is 2.17. The summed E-state index contributed by atoms with van der Waals surface area (Å²) < 4.78 is 74.5. The molecule has 1 rings (SSSR count). The minimum atomic E-state index is -4.79. The van der Waals surface area contributed by atoms with Crippen molar-refractivity contribution in [3.05, 3.63) is 40.8 Å². The molecule has 0 spiro atoms. The van der Waals surface area contributed by atoms with Gasteiger partial charge in [0.05, 0.1) is 11.1 Å². The Bertz CT molecular complexity index is 367. The highest BCUT2D eigenvalue weighted by atomic mass is 19.4.